The molecule has 3 N–H and O–H groups in total. The summed E-state index contributed by atoms with van der Waals surface area (Å²) in [4.78, 5) is 38.3. The van der Waals surface area contributed by atoms with E-state index in [0.29, 0.717) is 19.3 Å². The number of cyclic esters (lactones) is 1. The molecule has 0 bridgehead atoms. The molecular formula is C26H38N2O5. The number of aliphatic hydroxyl groups is 1. The summed E-state index contributed by atoms with van der Waals surface area (Å²) < 4.78 is 5.68. The molecule has 1 aromatic carbocycles. The van der Waals surface area contributed by atoms with Crippen molar-refractivity contribution in [2.24, 2.45) is 17.3 Å². The molecule has 0 aliphatic carbocycles. The molecule has 1 aliphatic rings. The number of nitrogens with one attached hydrogen (secondary N) is 2. The van der Waals surface area contributed by atoms with Gasteiger partial charge in [0.05, 0.1) is 24.5 Å². The largest absolute Gasteiger partial charge is 0.463 e. The molecule has 4 atom stereocenters. The van der Waals surface area contributed by atoms with E-state index < -0.39 is 12.0 Å². The van der Waals surface area contributed by atoms with Gasteiger partial charge in [-0.25, -0.2) is 0 Å². The number of aliphatic hydroxyl groups excluding tert-OH is 1. The normalized spacial score (nSPS) is 23.5. The summed E-state index contributed by atoms with van der Waals surface area (Å²) in [6.07, 6.45) is 5.23. The van der Waals surface area contributed by atoms with Gasteiger partial charge in [-0.2, -0.15) is 0 Å². The summed E-state index contributed by atoms with van der Waals surface area (Å²) in [5, 5.41) is 14.9. The van der Waals surface area contributed by atoms with Gasteiger partial charge in [0.15, 0.2) is 0 Å². The third kappa shape index (κ3) is 9.00. The maximum absolute atomic E-state index is 13.1. The van der Waals surface area contributed by atoms with E-state index in [4.69, 9.17) is 4.74 Å². The van der Waals surface area contributed by atoms with Crippen LogP contribution in [0.25, 0.3) is 0 Å². The SMILES string of the molecule is C[C@@H](CO)NC(=O)C[C@H]1CC=CC[C@H](Cc2ccccc2)C(=O)OC[C@H](C(C)(C)C)NC1=O. The molecule has 7 heteroatoms. The van der Waals surface area contributed by atoms with Crippen LogP contribution in [-0.4, -0.2) is 48.2 Å². The van der Waals surface area contributed by atoms with Gasteiger partial charge in [-0.3, -0.25) is 14.4 Å². The standard InChI is InChI=1S/C26H38N2O5/c1-18(16-29)27-23(30)15-20-12-8-9-13-21(14-19-10-6-5-7-11-19)25(32)33-17-22(26(2,3)4)28-24(20)31/h5-11,18,20-22,29H,12-17H2,1-4H3,(H,27,30)(H,28,31)/t18-,20+,21+,22+/m0/s1. The molecule has 0 aromatic heterocycles. The second kappa shape index (κ2) is 12.5. The van der Waals surface area contributed by atoms with Crippen LogP contribution < -0.4 is 10.6 Å². The minimum atomic E-state index is -0.556. The van der Waals surface area contributed by atoms with E-state index >= 15 is 0 Å². The smallest absolute Gasteiger partial charge is 0.309 e. The molecule has 0 saturated heterocycles. The Kier molecular flexibility index (Phi) is 10.1. The van der Waals surface area contributed by atoms with Crippen molar-refractivity contribution in [2.45, 2.75) is 65.5 Å². The van der Waals surface area contributed by atoms with Gasteiger partial charge < -0.3 is 20.5 Å². The average molecular weight is 459 g/mol. The molecule has 0 unspecified atom stereocenters. The Morgan fingerprint density at radius 3 is 2.39 bits per heavy atom. The van der Waals surface area contributed by atoms with Crippen LogP contribution in [0, 0.1) is 17.3 Å². The molecule has 2 rings (SSSR count). The number of carbonyl (C=O) groups excluding carboxylic acids is 3. The zero-order chi connectivity index (χ0) is 24.4. The van der Waals surface area contributed by atoms with E-state index in [2.05, 4.69) is 10.6 Å². The Hall–Kier alpha value is -2.67. The lowest BCUT2D eigenvalue weighted by molar-refractivity contribution is -0.151. The van der Waals surface area contributed by atoms with Gasteiger partial charge in [-0.1, -0.05) is 63.3 Å². The van der Waals surface area contributed by atoms with Crippen molar-refractivity contribution < 1.29 is 24.2 Å². The van der Waals surface area contributed by atoms with Crippen LogP contribution in [0.15, 0.2) is 42.5 Å². The predicted octanol–water partition coefficient (Wildman–Crippen LogP) is 2.77. The van der Waals surface area contributed by atoms with Gasteiger partial charge in [-0.15, -0.1) is 0 Å². The summed E-state index contributed by atoms with van der Waals surface area (Å²) in [7, 11) is 0. The van der Waals surface area contributed by atoms with Crippen LogP contribution in [0.5, 0.6) is 0 Å². The van der Waals surface area contributed by atoms with Crippen molar-refractivity contribution >= 4 is 17.8 Å². The zero-order valence-corrected chi connectivity index (χ0v) is 20.2. The van der Waals surface area contributed by atoms with Crippen LogP contribution in [0.1, 0.15) is 52.5 Å². The minimum absolute atomic E-state index is 0.0185. The van der Waals surface area contributed by atoms with Crippen molar-refractivity contribution in [1.82, 2.24) is 10.6 Å². The van der Waals surface area contributed by atoms with E-state index in [0.717, 1.165) is 5.56 Å². The Balaban J connectivity index is 2.21. The number of allylic oxidation sites excluding steroid dienone is 2. The lowest BCUT2D eigenvalue weighted by Crippen LogP contribution is -2.50. The summed E-state index contributed by atoms with van der Waals surface area (Å²) in [5.74, 6) is -1.69. The third-order valence-electron chi connectivity index (χ3n) is 5.90. The lowest BCUT2D eigenvalue weighted by atomic mass is 9.86. The number of hydrogen-bond donors (Lipinski definition) is 3. The first-order valence-corrected chi connectivity index (χ1v) is 11.7. The molecule has 2 amide bonds. The van der Waals surface area contributed by atoms with Gasteiger partial charge in [0.1, 0.15) is 6.61 Å². The first-order chi connectivity index (χ1) is 15.6. The number of amides is 2. The van der Waals surface area contributed by atoms with Crippen molar-refractivity contribution in [3.05, 3.63) is 48.0 Å². The molecule has 7 nitrogen and oxygen atoms in total. The maximum Gasteiger partial charge on any atom is 0.309 e. The van der Waals surface area contributed by atoms with Crippen LogP contribution >= 0.6 is 0 Å². The van der Waals surface area contributed by atoms with Gasteiger partial charge in [0.2, 0.25) is 11.8 Å². The number of ether oxygens (including phenoxy) is 1. The number of hydrogen-bond acceptors (Lipinski definition) is 5. The fourth-order valence-corrected chi connectivity index (χ4v) is 3.65. The second-order valence-corrected chi connectivity index (χ2v) is 9.94. The summed E-state index contributed by atoms with van der Waals surface area (Å²) in [6.45, 7) is 7.54. The van der Waals surface area contributed by atoms with Crippen molar-refractivity contribution in [1.29, 1.82) is 0 Å². The fraction of sp³-hybridized carbons (Fsp3) is 0.577. The van der Waals surface area contributed by atoms with Crippen LogP contribution in [0.3, 0.4) is 0 Å². The van der Waals surface area contributed by atoms with Gasteiger partial charge in [0.25, 0.3) is 0 Å². The summed E-state index contributed by atoms with van der Waals surface area (Å²) in [6, 6.07) is 9.06. The molecule has 0 fully saturated rings. The molecule has 1 aromatic rings. The van der Waals surface area contributed by atoms with E-state index in [9.17, 15) is 19.5 Å². The van der Waals surface area contributed by atoms with Crippen molar-refractivity contribution in [3.63, 3.8) is 0 Å². The van der Waals surface area contributed by atoms with Crippen LogP contribution in [0.4, 0.5) is 0 Å². The number of benzene rings is 1. The molecule has 1 aliphatic heterocycles. The molecule has 182 valence electrons. The zero-order valence-electron chi connectivity index (χ0n) is 20.2. The Bertz CT molecular complexity index is 816. The van der Waals surface area contributed by atoms with Crippen LogP contribution in [0.2, 0.25) is 0 Å². The number of carbonyl (C=O) groups is 3. The van der Waals surface area contributed by atoms with Crippen molar-refractivity contribution in [3.8, 4) is 0 Å². The maximum atomic E-state index is 13.1. The van der Waals surface area contributed by atoms with E-state index in [1.54, 1.807) is 6.92 Å². The highest BCUT2D eigenvalue weighted by molar-refractivity contribution is 5.86. The van der Waals surface area contributed by atoms with E-state index in [1.807, 2.05) is 63.3 Å². The topological polar surface area (TPSA) is 105 Å². The average Bonchev–Trinajstić information content (AvgIpc) is 2.76. The molecule has 0 radical (unpaired) electrons. The van der Waals surface area contributed by atoms with Gasteiger partial charge in [-0.05, 0) is 37.2 Å². The van der Waals surface area contributed by atoms with Gasteiger partial charge in [0, 0.05) is 12.5 Å². The van der Waals surface area contributed by atoms with Gasteiger partial charge >= 0.3 is 5.97 Å². The first kappa shape index (κ1) is 26.6. The molecule has 0 spiro atoms. The quantitative estimate of drug-likeness (QED) is 0.449. The number of esters is 1. The summed E-state index contributed by atoms with van der Waals surface area (Å²) in [5.41, 5.74) is 0.719. The third-order valence-corrected chi connectivity index (χ3v) is 5.90. The highest BCUT2D eigenvalue weighted by Crippen LogP contribution is 2.23. The second-order valence-electron chi connectivity index (χ2n) is 9.94. The minimum Gasteiger partial charge on any atom is -0.463 e. The fourth-order valence-electron chi connectivity index (χ4n) is 3.65. The monoisotopic (exact) mass is 458 g/mol. The summed E-state index contributed by atoms with van der Waals surface area (Å²) >= 11 is 0. The molecule has 33 heavy (non-hydrogen) atoms. The van der Waals surface area contributed by atoms with E-state index in [-0.39, 0.29) is 54.8 Å². The molecular weight excluding hydrogens is 420 g/mol. The highest BCUT2D eigenvalue weighted by atomic mass is 16.5. The Morgan fingerprint density at radius 1 is 1.15 bits per heavy atom. The Labute approximate surface area is 197 Å². The van der Waals surface area contributed by atoms with E-state index in [1.165, 1.54) is 0 Å². The molecule has 0 saturated carbocycles. The van der Waals surface area contributed by atoms with Crippen LogP contribution in [-0.2, 0) is 25.5 Å². The van der Waals surface area contributed by atoms with Crippen molar-refractivity contribution in [2.75, 3.05) is 13.2 Å². The molecule has 1 heterocycles. The highest BCUT2D eigenvalue weighted by Gasteiger charge is 2.32. The predicted molar refractivity (Wildman–Crippen MR) is 127 cm³/mol. The lowest BCUT2D eigenvalue weighted by Gasteiger charge is -2.33. The first-order valence-electron chi connectivity index (χ1n) is 11.7. The number of rotatable bonds is 6. The Morgan fingerprint density at radius 2 is 1.79 bits per heavy atom.